The van der Waals surface area contributed by atoms with Gasteiger partial charge in [0, 0.05) is 0 Å². The predicted molar refractivity (Wildman–Crippen MR) is 109 cm³/mol. The fraction of sp³-hybridized carbons (Fsp3) is 0.250. The van der Waals surface area contributed by atoms with Crippen LogP contribution in [0.5, 0.6) is 0 Å². The normalized spacial score (nSPS) is 14.6. The van der Waals surface area contributed by atoms with Crippen LogP contribution >= 0.6 is 22.7 Å². The monoisotopic (exact) mass is 421 g/mol. The van der Waals surface area contributed by atoms with Gasteiger partial charge in [0.2, 0.25) is 17.7 Å². The number of nitriles is 1. The second-order valence-corrected chi connectivity index (χ2v) is 8.88. The first-order valence-electron chi connectivity index (χ1n) is 9.08. The highest BCUT2D eigenvalue weighted by molar-refractivity contribution is 7.18. The van der Waals surface area contributed by atoms with E-state index < -0.39 is 5.54 Å². The number of carbonyl (C=O) groups excluding carboxylic acids is 1. The van der Waals surface area contributed by atoms with Crippen molar-refractivity contribution >= 4 is 38.8 Å². The van der Waals surface area contributed by atoms with Gasteiger partial charge in [-0.3, -0.25) is 4.79 Å². The summed E-state index contributed by atoms with van der Waals surface area (Å²) in [7, 11) is 0. The average molecular weight is 422 g/mol. The Kier molecular flexibility index (Phi) is 4.38. The molecule has 0 unspecified atom stereocenters. The molecule has 1 saturated carbocycles. The molecule has 0 atom stereocenters. The van der Waals surface area contributed by atoms with Crippen molar-refractivity contribution in [3.63, 3.8) is 0 Å². The van der Waals surface area contributed by atoms with Gasteiger partial charge < -0.3 is 9.73 Å². The number of rotatable bonds is 6. The number of benzene rings is 1. The number of hydrogen-bond acceptors (Lipinski definition) is 8. The van der Waals surface area contributed by atoms with Gasteiger partial charge in [-0.1, -0.05) is 6.07 Å². The van der Waals surface area contributed by atoms with Crippen molar-refractivity contribution in [3.8, 4) is 17.2 Å². The minimum Gasteiger partial charge on any atom is -0.424 e. The van der Waals surface area contributed by atoms with E-state index in [0.29, 0.717) is 25.2 Å². The lowest BCUT2D eigenvalue weighted by atomic mass is 10.1. The van der Waals surface area contributed by atoms with Gasteiger partial charge in [0.15, 0.2) is 0 Å². The molecule has 1 amide bonds. The molecule has 0 spiro atoms. The van der Waals surface area contributed by atoms with Gasteiger partial charge in [0.1, 0.15) is 17.0 Å². The third-order valence-electron chi connectivity index (χ3n) is 4.75. The number of aromatic nitrogens is 3. The second-order valence-electron chi connectivity index (χ2n) is 6.99. The van der Waals surface area contributed by atoms with Crippen LogP contribution in [0.4, 0.5) is 0 Å². The van der Waals surface area contributed by atoms with Crippen molar-refractivity contribution in [1.29, 1.82) is 5.26 Å². The molecule has 29 heavy (non-hydrogen) atoms. The van der Waals surface area contributed by atoms with Crippen LogP contribution in [0.3, 0.4) is 0 Å². The molecule has 3 aromatic heterocycles. The number of amides is 1. The van der Waals surface area contributed by atoms with Gasteiger partial charge in [0.25, 0.3) is 0 Å². The third-order valence-corrected chi connectivity index (χ3v) is 6.45. The molecule has 0 radical (unpaired) electrons. The number of thiazole rings is 1. The van der Waals surface area contributed by atoms with E-state index >= 15 is 0 Å². The summed E-state index contributed by atoms with van der Waals surface area (Å²) in [6.45, 7) is 0. The van der Waals surface area contributed by atoms with Crippen LogP contribution in [-0.4, -0.2) is 26.6 Å². The maximum atomic E-state index is 12.0. The molecule has 1 N–H and O–H groups in total. The summed E-state index contributed by atoms with van der Waals surface area (Å²) in [4.78, 5) is 16.7. The molecule has 144 valence electrons. The van der Waals surface area contributed by atoms with E-state index in [1.807, 2.05) is 6.07 Å². The van der Waals surface area contributed by atoms with Crippen LogP contribution in [0.1, 0.15) is 29.6 Å². The summed E-state index contributed by atoms with van der Waals surface area (Å²) in [5.74, 6) is 0.388. The number of hydrogen-bond donors (Lipinski definition) is 1. The molecule has 5 rings (SSSR count). The molecule has 1 aliphatic rings. The molecule has 1 aliphatic carbocycles. The highest BCUT2D eigenvalue weighted by Crippen LogP contribution is 2.34. The first-order chi connectivity index (χ1) is 14.1. The van der Waals surface area contributed by atoms with Crippen LogP contribution < -0.4 is 5.32 Å². The summed E-state index contributed by atoms with van der Waals surface area (Å²) in [6, 6.07) is 10.5. The van der Waals surface area contributed by atoms with Crippen LogP contribution in [0, 0.1) is 11.3 Å². The summed E-state index contributed by atoms with van der Waals surface area (Å²) in [6.07, 6.45) is 1.77. The van der Waals surface area contributed by atoms with Crippen LogP contribution in [0.25, 0.3) is 21.3 Å². The third kappa shape index (κ3) is 3.77. The maximum absolute atomic E-state index is 12.0. The smallest absolute Gasteiger partial charge is 0.230 e. The van der Waals surface area contributed by atoms with Crippen LogP contribution in [-0.2, 0) is 17.6 Å². The summed E-state index contributed by atoms with van der Waals surface area (Å²) >= 11 is 3.27. The van der Waals surface area contributed by atoms with Crippen molar-refractivity contribution < 1.29 is 9.21 Å². The Morgan fingerprint density at radius 2 is 2.10 bits per heavy atom. The van der Waals surface area contributed by atoms with E-state index in [2.05, 4.69) is 55.5 Å². The van der Waals surface area contributed by atoms with Gasteiger partial charge in [0.05, 0.1) is 22.7 Å². The topological polar surface area (TPSA) is 105 Å². The molecule has 3 heterocycles. The van der Waals surface area contributed by atoms with Gasteiger partial charge in [-0.2, -0.15) is 16.6 Å². The Morgan fingerprint density at radius 1 is 1.24 bits per heavy atom. The minimum absolute atomic E-state index is 0.0275. The summed E-state index contributed by atoms with van der Waals surface area (Å²) < 4.78 is 6.71. The Balaban J connectivity index is 1.27. The quantitative estimate of drug-likeness (QED) is 0.509. The minimum atomic E-state index is -0.692. The average Bonchev–Trinajstić information content (AvgIpc) is 3.13. The fourth-order valence-electron chi connectivity index (χ4n) is 3.06. The van der Waals surface area contributed by atoms with E-state index in [1.54, 1.807) is 22.7 Å². The number of fused-ring (bicyclic) bond motifs is 1. The molecule has 0 saturated heterocycles. The largest absolute Gasteiger partial charge is 0.424 e. The lowest BCUT2D eigenvalue weighted by molar-refractivity contribution is -0.121. The van der Waals surface area contributed by atoms with E-state index in [-0.39, 0.29) is 18.2 Å². The number of nitrogens with one attached hydrogen (secondary N) is 1. The predicted octanol–water partition coefficient (Wildman–Crippen LogP) is 3.71. The number of thiophene rings is 1. The zero-order valence-corrected chi connectivity index (χ0v) is 16.8. The first-order valence-corrected chi connectivity index (χ1v) is 10.8. The van der Waals surface area contributed by atoms with Gasteiger partial charge in [-0.05, 0) is 52.9 Å². The molecule has 4 aromatic rings. The van der Waals surface area contributed by atoms with Gasteiger partial charge >= 0.3 is 0 Å². The molecule has 0 aliphatic heterocycles. The summed E-state index contributed by atoms with van der Waals surface area (Å²) in [5, 5.41) is 24.8. The zero-order chi connectivity index (χ0) is 19.8. The highest BCUT2D eigenvalue weighted by atomic mass is 32.1. The molecule has 0 bridgehead atoms. The standard InChI is InChI=1S/C20H15N5O2S2/c21-11-20(4-5-20)23-16(26)8-17-24-25-18(27-17)9-19-22-14-2-1-12(7-15(14)29-19)13-3-6-28-10-13/h1-3,6-7,10H,4-5,8-9H2,(H,23,26). The lowest BCUT2D eigenvalue weighted by Gasteiger charge is -2.06. The SMILES string of the molecule is N#CC1(NC(=O)Cc2nnc(Cc3nc4ccc(-c5ccsc5)cc4s3)o2)CC1. The van der Waals surface area contributed by atoms with E-state index in [4.69, 9.17) is 9.68 Å². The Bertz CT molecular complexity index is 1230. The molecule has 1 aromatic carbocycles. The number of nitrogens with zero attached hydrogens (tertiary/aromatic N) is 4. The highest BCUT2D eigenvalue weighted by Gasteiger charge is 2.44. The lowest BCUT2D eigenvalue weighted by Crippen LogP contribution is -2.36. The van der Waals surface area contributed by atoms with Crippen molar-refractivity contribution in [2.75, 3.05) is 0 Å². The molecule has 7 nitrogen and oxygen atoms in total. The van der Waals surface area contributed by atoms with Gasteiger partial charge in [-0.15, -0.1) is 21.5 Å². The van der Waals surface area contributed by atoms with Crippen LogP contribution in [0.15, 0.2) is 39.4 Å². The Labute approximate surface area is 174 Å². The second kappa shape index (κ2) is 7.06. The van der Waals surface area contributed by atoms with Crippen molar-refractivity contribution in [2.24, 2.45) is 0 Å². The molecule has 9 heteroatoms. The molecular weight excluding hydrogens is 406 g/mol. The summed E-state index contributed by atoms with van der Waals surface area (Å²) in [5.41, 5.74) is 2.62. The van der Waals surface area contributed by atoms with Crippen LogP contribution in [0.2, 0.25) is 0 Å². The number of carbonyl (C=O) groups is 1. The first kappa shape index (κ1) is 18.0. The molecule has 1 fully saturated rings. The van der Waals surface area contributed by atoms with Gasteiger partial charge in [-0.25, -0.2) is 4.98 Å². The maximum Gasteiger partial charge on any atom is 0.230 e. The van der Waals surface area contributed by atoms with E-state index in [1.165, 1.54) is 11.1 Å². The molecular formula is C20H15N5O2S2. The zero-order valence-electron chi connectivity index (χ0n) is 15.2. The Morgan fingerprint density at radius 3 is 2.86 bits per heavy atom. The van der Waals surface area contributed by atoms with Crippen molar-refractivity contribution in [1.82, 2.24) is 20.5 Å². The van der Waals surface area contributed by atoms with Crippen molar-refractivity contribution in [3.05, 3.63) is 51.8 Å². The van der Waals surface area contributed by atoms with E-state index in [9.17, 15) is 4.79 Å². The Hall–Kier alpha value is -3.09. The fourth-order valence-corrected chi connectivity index (χ4v) is 4.72. The van der Waals surface area contributed by atoms with Crippen molar-refractivity contribution in [2.45, 2.75) is 31.2 Å². The van der Waals surface area contributed by atoms with E-state index in [0.717, 1.165) is 15.2 Å².